The maximum Gasteiger partial charge on any atom is 0.306 e. The van der Waals surface area contributed by atoms with Crippen molar-refractivity contribution in [1.29, 1.82) is 0 Å². The van der Waals surface area contributed by atoms with Crippen LogP contribution in [0, 0.1) is 5.92 Å². The van der Waals surface area contributed by atoms with E-state index < -0.39 is 21.9 Å². The molecule has 2 rings (SSSR count). The highest BCUT2D eigenvalue weighted by Crippen LogP contribution is 2.25. The monoisotopic (exact) mass is 340 g/mol. The third-order valence-electron chi connectivity index (χ3n) is 4.14. The normalized spacial score (nSPS) is 17.0. The topological polar surface area (TPSA) is 95.0 Å². The van der Waals surface area contributed by atoms with Crippen molar-refractivity contribution in [2.24, 2.45) is 5.92 Å². The number of nitrogens with zero attached hydrogens (tertiary/aromatic N) is 2. The molecule has 8 heteroatoms. The number of carboxylic acid groups (broad SMARTS) is 1. The van der Waals surface area contributed by atoms with Crippen LogP contribution in [0.3, 0.4) is 0 Å². The zero-order valence-electron chi connectivity index (χ0n) is 13.1. The Morgan fingerprint density at radius 3 is 2.13 bits per heavy atom. The summed E-state index contributed by atoms with van der Waals surface area (Å²) in [6.45, 7) is 1.83. The highest BCUT2D eigenvalue weighted by molar-refractivity contribution is 7.89. The Morgan fingerprint density at radius 2 is 1.70 bits per heavy atom. The minimum absolute atomic E-state index is 0.142. The van der Waals surface area contributed by atoms with E-state index in [-0.39, 0.29) is 23.9 Å². The molecule has 1 aliphatic heterocycles. The predicted octanol–water partition coefficient (Wildman–Crippen LogP) is 1.15. The highest BCUT2D eigenvalue weighted by Gasteiger charge is 2.31. The molecule has 1 N–H and O–H groups in total. The molecule has 0 spiro atoms. The van der Waals surface area contributed by atoms with Crippen LogP contribution in [0.1, 0.15) is 19.8 Å². The van der Waals surface area contributed by atoms with Crippen LogP contribution in [-0.2, 0) is 19.6 Å². The van der Waals surface area contributed by atoms with Crippen LogP contribution in [0.4, 0.5) is 5.69 Å². The van der Waals surface area contributed by atoms with Gasteiger partial charge in [0.2, 0.25) is 15.9 Å². The van der Waals surface area contributed by atoms with E-state index in [1.165, 1.54) is 28.3 Å². The largest absolute Gasteiger partial charge is 0.481 e. The summed E-state index contributed by atoms with van der Waals surface area (Å²) in [5, 5.41) is 8.97. The average Bonchev–Trinajstić information content (AvgIpc) is 2.54. The molecule has 23 heavy (non-hydrogen) atoms. The van der Waals surface area contributed by atoms with Crippen molar-refractivity contribution in [2.45, 2.75) is 24.7 Å². The van der Waals surface area contributed by atoms with Crippen LogP contribution in [0.25, 0.3) is 0 Å². The van der Waals surface area contributed by atoms with Gasteiger partial charge in [-0.05, 0) is 37.1 Å². The molecule has 1 amide bonds. The minimum Gasteiger partial charge on any atom is -0.481 e. The van der Waals surface area contributed by atoms with E-state index in [9.17, 15) is 18.0 Å². The Bertz CT molecular complexity index is 691. The number of hydrogen-bond donors (Lipinski definition) is 1. The summed E-state index contributed by atoms with van der Waals surface area (Å²) < 4.78 is 26.5. The molecule has 0 aliphatic carbocycles. The summed E-state index contributed by atoms with van der Waals surface area (Å²) in [5.41, 5.74) is 0.612. The van der Waals surface area contributed by atoms with E-state index in [1.807, 2.05) is 0 Å². The first-order valence-corrected chi connectivity index (χ1v) is 8.75. The quantitative estimate of drug-likeness (QED) is 0.887. The highest BCUT2D eigenvalue weighted by atomic mass is 32.2. The number of anilines is 1. The van der Waals surface area contributed by atoms with Crippen molar-refractivity contribution in [3.05, 3.63) is 24.3 Å². The van der Waals surface area contributed by atoms with E-state index in [1.54, 1.807) is 19.2 Å². The van der Waals surface area contributed by atoms with Crippen molar-refractivity contribution in [2.75, 3.05) is 25.0 Å². The summed E-state index contributed by atoms with van der Waals surface area (Å²) in [5.74, 6) is -1.50. The van der Waals surface area contributed by atoms with Gasteiger partial charge in [-0.3, -0.25) is 9.59 Å². The number of carbonyl (C=O) groups is 2. The van der Waals surface area contributed by atoms with Gasteiger partial charge < -0.3 is 10.0 Å². The molecule has 0 bridgehead atoms. The number of benzene rings is 1. The fourth-order valence-corrected chi connectivity index (χ4v) is 3.99. The van der Waals surface area contributed by atoms with Gasteiger partial charge in [-0.2, -0.15) is 4.31 Å². The number of carbonyl (C=O) groups excluding carboxylic acids is 1. The molecule has 0 radical (unpaired) electrons. The molecule has 0 saturated carbocycles. The number of aliphatic carboxylic acids is 1. The number of piperidine rings is 1. The molecule has 0 unspecified atom stereocenters. The lowest BCUT2D eigenvalue weighted by atomic mass is 9.99. The molecular formula is C15H20N2O5S. The van der Waals surface area contributed by atoms with Gasteiger partial charge >= 0.3 is 5.97 Å². The van der Waals surface area contributed by atoms with Crippen molar-refractivity contribution >= 4 is 27.6 Å². The molecule has 7 nitrogen and oxygen atoms in total. The maximum atomic E-state index is 12.6. The summed E-state index contributed by atoms with van der Waals surface area (Å²) in [4.78, 5) is 23.8. The zero-order chi connectivity index (χ0) is 17.2. The van der Waals surface area contributed by atoms with Crippen LogP contribution in [0.15, 0.2) is 29.2 Å². The lowest BCUT2D eigenvalue weighted by Crippen LogP contribution is -2.40. The molecule has 1 heterocycles. The maximum absolute atomic E-state index is 12.6. The Kier molecular flexibility index (Phi) is 5.06. The van der Waals surface area contributed by atoms with E-state index in [0.29, 0.717) is 18.5 Å². The third-order valence-corrected chi connectivity index (χ3v) is 6.05. The van der Waals surface area contributed by atoms with E-state index >= 15 is 0 Å². The minimum atomic E-state index is -3.64. The average molecular weight is 340 g/mol. The Hall–Kier alpha value is -1.93. The molecular weight excluding hydrogens is 320 g/mol. The summed E-state index contributed by atoms with van der Waals surface area (Å²) in [6, 6.07) is 6.09. The first-order valence-electron chi connectivity index (χ1n) is 7.31. The van der Waals surface area contributed by atoms with Gasteiger partial charge in [-0.1, -0.05) is 0 Å². The predicted molar refractivity (Wildman–Crippen MR) is 84.6 cm³/mol. The Balaban J connectivity index is 2.14. The summed E-state index contributed by atoms with van der Waals surface area (Å²) in [6.07, 6.45) is 0.638. The van der Waals surface area contributed by atoms with Crippen molar-refractivity contribution in [3.63, 3.8) is 0 Å². The summed E-state index contributed by atoms with van der Waals surface area (Å²) >= 11 is 0. The number of rotatable bonds is 4. The number of sulfonamides is 1. The van der Waals surface area contributed by atoms with Gasteiger partial charge in [0.1, 0.15) is 0 Å². The first-order chi connectivity index (χ1) is 10.7. The second kappa shape index (κ2) is 6.67. The second-order valence-electron chi connectivity index (χ2n) is 5.59. The molecule has 1 fully saturated rings. The van der Waals surface area contributed by atoms with Gasteiger partial charge in [0.05, 0.1) is 10.8 Å². The fraction of sp³-hybridized carbons (Fsp3) is 0.467. The Morgan fingerprint density at radius 1 is 1.17 bits per heavy atom. The van der Waals surface area contributed by atoms with Crippen LogP contribution in [-0.4, -0.2) is 49.8 Å². The molecule has 1 aliphatic rings. The van der Waals surface area contributed by atoms with Crippen molar-refractivity contribution in [1.82, 2.24) is 4.31 Å². The second-order valence-corrected chi connectivity index (χ2v) is 7.53. The SMILES string of the molecule is CC(=O)N(C)c1ccc(S(=O)(=O)N2CCC(C(=O)O)CC2)cc1. The first kappa shape index (κ1) is 17.4. The van der Waals surface area contributed by atoms with Crippen LogP contribution < -0.4 is 4.90 Å². The van der Waals surface area contributed by atoms with Gasteiger partial charge in [0, 0.05) is 32.7 Å². The van der Waals surface area contributed by atoms with Gasteiger partial charge in [-0.25, -0.2) is 8.42 Å². The summed E-state index contributed by atoms with van der Waals surface area (Å²) in [7, 11) is -2.02. The van der Waals surface area contributed by atoms with E-state index in [4.69, 9.17) is 5.11 Å². The fourth-order valence-electron chi connectivity index (χ4n) is 2.52. The standard InChI is InChI=1S/C15H20N2O5S/c1-11(18)16(2)13-3-5-14(6-4-13)23(21,22)17-9-7-12(8-10-17)15(19)20/h3-6,12H,7-10H2,1-2H3,(H,19,20). The molecule has 1 saturated heterocycles. The molecule has 1 aromatic rings. The smallest absolute Gasteiger partial charge is 0.306 e. The van der Waals surface area contributed by atoms with Crippen LogP contribution >= 0.6 is 0 Å². The number of carboxylic acids is 1. The third kappa shape index (κ3) is 3.70. The van der Waals surface area contributed by atoms with Gasteiger partial charge in [0.15, 0.2) is 0 Å². The number of hydrogen-bond acceptors (Lipinski definition) is 4. The number of amides is 1. The van der Waals surface area contributed by atoms with Gasteiger partial charge in [-0.15, -0.1) is 0 Å². The molecule has 1 aromatic carbocycles. The van der Waals surface area contributed by atoms with Crippen LogP contribution in [0.5, 0.6) is 0 Å². The zero-order valence-corrected chi connectivity index (χ0v) is 13.9. The lowest BCUT2D eigenvalue weighted by molar-refractivity contribution is -0.142. The lowest BCUT2D eigenvalue weighted by Gasteiger charge is -2.29. The molecule has 0 aromatic heterocycles. The van der Waals surface area contributed by atoms with Crippen molar-refractivity contribution < 1.29 is 23.1 Å². The molecule has 0 atom stereocenters. The van der Waals surface area contributed by atoms with Gasteiger partial charge in [0.25, 0.3) is 0 Å². The molecule has 126 valence electrons. The van der Waals surface area contributed by atoms with Crippen molar-refractivity contribution in [3.8, 4) is 0 Å². The van der Waals surface area contributed by atoms with Crippen LogP contribution in [0.2, 0.25) is 0 Å². The Labute approximate surface area is 135 Å². The van der Waals surface area contributed by atoms with E-state index in [0.717, 1.165) is 0 Å². The van der Waals surface area contributed by atoms with E-state index in [2.05, 4.69) is 0 Å².